The van der Waals surface area contributed by atoms with Gasteiger partial charge in [0.2, 0.25) is 15.9 Å². The molecule has 0 saturated carbocycles. The average molecular weight is 344 g/mol. The molecule has 3 aromatic rings. The molecule has 0 atom stereocenters. The third-order valence-corrected chi connectivity index (χ3v) is 4.61. The van der Waals surface area contributed by atoms with E-state index in [9.17, 15) is 8.42 Å². The maximum atomic E-state index is 11.9. The van der Waals surface area contributed by atoms with Crippen LogP contribution in [0.1, 0.15) is 11.1 Å². The number of aromatic nitrogens is 1. The summed E-state index contributed by atoms with van der Waals surface area (Å²) in [6, 6.07) is 12.2. The lowest BCUT2D eigenvalue weighted by Crippen LogP contribution is -2.14. The Morgan fingerprint density at radius 2 is 1.92 bits per heavy atom. The van der Waals surface area contributed by atoms with Gasteiger partial charge in [0.1, 0.15) is 12.0 Å². The van der Waals surface area contributed by atoms with Crippen molar-refractivity contribution in [2.45, 2.75) is 11.3 Å². The molecule has 2 N–H and O–H groups in total. The van der Waals surface area contributed by atoms with Gasteiger partial charge in [-0.2, -0.15) is 0 Å². The van der Waals surface area contributed by atoms with E-state index in [1.807, 2.05) is 24.3 Å². The van der Waals surface area contributed by atoms with E-state index in [2.05, 4.69) is 4.98 Å². The van der Waals surface area contributed by atoms with E-state index in [0.717, 1.165) is 11.3 Å². The summed E-state index contributed by atoms with van der Waals surface area (Å²) in [7, 11) is -2.24. The number of nitrogens with zero attached hydrogens (tertiary/aromatic N) is 1. The van der Waals surface area contributed by atoms with Crippen molar-refractivity contribution in [1.82, 2.24) is 4.98 Å². The number of benzene rings is 2. The fourth-order valence-electron chi connectivity index (χ4n) is 2.46. The number of rotatable bonds is 5. The van der Waals surface area contributed by atoms with E-state index in [-0.39, 0.29) is 4.90 Å². The molecule has 3 rings (SSSR count). The first-order valence-corrected chi connectivity index (χ1v) is 8.70. The Morgan fingerprint density at radius 1 is 1.17 bits per heavy atom. The fraction of sp³-hybridized carbons (Fsp3) is 0.118. The first-order valence-electron chi connectivity index (χ1n) is 7.16. The third-order valence-electron chi connectivity index (χ3n) is 3.60. The Hall–Kier alpha value is -2.64. The van der Waals surface area contributed by atoms with Crippen molar-refractivity contribution in [2.24, 2.45) is 5.14 Å². The van der Waals surface area contributed by atoms with E-state index in [4.69, 9.17) is 14.3 Å². The predicted octanol–water partition coefficient (Wildman–Crippen LogP) is 2.59. The van der Waals surface area contributed by atoms with Crippen LogP contribution >= 0.6 is 0 Å². The Balaban J connectivity index is 2.03. The third kappa shape index (κ3) is 3.47. The summed E-state index contributed by atoms with van der Waals surface area (Å²) in [4.78, 5) is 4.18. The highest BCUT2D eigenvalue weighted by atomic mass is 32.2. The van der Waals surface area contributed by atoms with Crippen molar-refractivity contribution in [3.63, 3.8) is 0 Å². The van der Waals surface area contributed by atoms with Crippen molar-refractivity contribution in [2.75, 3.05) is 7.11 Å². The van der Waals surface area contributed by atoms with Gasteiger partial charge in [-0.05, 0) is 47.9 Å². The molecular formula is C17H16N2O4S. The van der Waals surface area contributed by atoms with Gasteiger partial charge in [0.15, 0.2) is 0 Å². The normalized spacial score (nSPS) is 11.4. The van der Waals surface area contributed by atoms with Crippen LogP contribution in [0.3, 0.4) is 0 Å². The van der Waals surface area contributed by atoms with Crippen LogP contribution in [0.5, 0.6) is 5.75 Å². The lowest BCUT2D eigenvalue weighted by molar-refractivity contribution is 0.414. The number of ether oxygens (including phenoxy) is 1. The zero-order valence-corrected chi connectivity index (χ0v) is 13.8. The highest BCUT2D eigenvalue weighted by molar-refractivity contribution is 7.89. The lowest BCUT2D eigenvalue weighted by Gasteiger charge is -2.10. The molecule has 0 radical (unpaired) electrons. The van der Waals surface area contributed by atoms with Crippen LogP contribution in [0, 0.1) is 0 Å². The summed E-state index contributed by atoms with van der Waals surface area (Å²) in [5, 5.41) is 5.34. The highest BCUT2D eigenvalue weighted by Gasteiger charge is 2.16. The van der Waals surface area contributed by atoms with Crippen LogP contribution in [-0.2, 0) is 16.4 Å². The maximum absolute atomic E-state index is 11.9. The molecule has 0 amide bonds. The van der Waals surface area contributed by atoms with E-state index >= 15 is 0 Å². The molecule has 0 aliphatic heterocycles. The minimum Gasteiger partial charge on any atom is -0.497 e. The molecule has 7 heteroatoms. The topological polar surface area (TPSA) is 95.4 Å². The fourth-order valence-corrected chi connectivity index (χ4v) is 3.21. The zero-order valence-electron chi connectivity index (χ0n) is 13.0. The molecule has 0 spiro atoms. The van der Waals surface area contributed by atoms with Gasteiger partial charge >= 0.3 is 0 Å². The first-order chi connectivity index (χ1) is 11.5. The second kappa shape index (κ2) is 6.46. The molecule has 124 valence electrons. The van der Waals surface area contributed by atoms with Gasteiger partial charge < -0.3 is 9.15 Å². The summed E-state index contributed by atoms with van der Waals surface area (Å²) in [5.41, 5.74) is 2.21. The minimum absolute atomic E-state index is 0.0913. The Labute approximate surface area is 140 Å². The number of sulfonamides is 1. The van der Waals surface area contributed by atoms with E-state index < -0.39 is 10.0 Å². The van der Waals surface area contributed by atoms with Crippen molar-refractivity contribution in [3.8, 4) is 17.2 Å². The maximum Gasteiger partial charge on any atom is 0.238 e. The molecular weight excluding hydrogens is 328 g/mol. The Bertz CT molecular complexity index is 933. The standard InChI is InChI=1S/C17H16N2O4S/c1-22-15-5-2-12(3-6-15)10-14-11-13(17-19-8-9-23-17)4-7-16(14)24(18,20)21/h2-9,11H,10H2,1H3,(H2,18,20,21). The number of primary sulfonamides is 1. The van der Waals surface area contributed by atoms with Gasteiger partial charge in [0.25, 0.3) is 0 Å². The smallest absolute Gasteiger partial charge is 0.238 e. The van der Waals surface area contributed by atoms with Crippen molar-refractivity contribution in [3.05, 3.63) is 66.1 Å². The van der Waals surface area contributed by atoms with E-state index in [1.54, 1.807) is 19.2 Å². The monoisotopic (exact) mass is 344 g/mol. The number of hydrogen-bond donors (Lipinski definition) is 1. The summed E-state index contributed by atoms with van der Waals surface area (Å²) >= 11 is 0. The van der Waals surface area contributed by atoms with Crippen LogP contribution in [0.4, 0.5) is 0 Å². The largest absolute Gasteiger partial charge is 0.497 e. The molecule has 0 fully saturated rings. The molecule has 0 unspecified atom stereocenters. The number of methoxy groups -OCH3 is 1. The van der Waals surface area contributed by atoms with Crippen LogP contribution in [0.2, 0.25) is 0 Å². The molecule has 1 heterocycles. The predicted molar refractivity (Wildman–Crippen MR) is 89.1 cm³/mol. The number of nitrogens with two attached hydrogens (primary N) is 1. The number of hydrogen-bond acceptors (Lipinski definition) is 5. The van der Waals surface area contributed by atoms with Crippen molar-refractivity contribution in [1.29, 1.82) is 0 Å². The Morgan fingerprint density at radius 3 is 2.50 bits per heavy atom. The molecule has 0 aliphatic rings. The van der Waals surface area contributed by atoms with Gasteiger partial charge in [0.05, 0.1) is 18.2 Å². The van der Waals surface area contributed by atoms with Gasteiger partial charge in [-0.15, -0.1) is 0 Å². The zero-order chi connectivity index (χ0) is 17.2. The Kier molecular flexibility index (Phi) is 4.37. The molecule has 0 aliphatic carbocycles. The van der Waals surface area contributed by atoms with Crippen molar-refractivity contribution < 1.29 is 17.6 Å². The number of oxazole rings is 1. The molecule has 0 saturated heterocycles. The highest BCUT2D eigenvalue weighted by Crippen LogP contribution is 2.26. The molecule has 6 nitrogen and oxygen atoms in total. The quantitative estimate of drug-likeness (QED) is 0.767. The van der Waals surface area contributed by atoms with Crippen LogP contribution in [0.25, 0.3) is 11.5 Å². The van der Waals surface area contributed by atoms with E-state index in [1.165, 1.54) is 18.5 Å². The SMILES string of the molecule is COc1ccc(Cc2cc(-c3ncco3)ccc2S(N)(=O)=O)cc1. The second-order valence-electron chi connectivity index (χ2n) is 5.23. The van der Waals surface area contributed by atoms with Gasteiger partial charge in [-0.25, -0.2) is 18.5 Å². The van der Waals surface area contributed by atoms with Gasteiger partial charge in [-0.1, -0.05) is 12.1 Å². The second-order valence-corrected chi connectivity index (χ2v) is 6.76. The van der Waals surface area contributed by atoms with E-state index in [0.29, 0.717) is 23.4 Å². The molecule has 1 aromatic heterocycles. The molecule has 24 heavy (non-hydrogen) atoms. The average Bonchev–Trinajstić information content (AvgIpc) is 3.09. The van der Waals surface area contributed by atoms with Gasteiger partial charge in [0, 0.05) is 5.56 Å². The lowest BCUT2D eigenvalue weighted by atomic mass is 10.0. The van der Waals surface area contributed by atoms with Crippen molar-refractivity contribution >= 4 is 10.0 Å². The van der Waals surface area contributed by atoms with Crippen LogP contribution in [-0.4, -0.2) is 20.5 Å². The summed E-state index contributed by atoms with van der Waals surface area (Å²) in [5.74, 6) is 1.16. The minimum atomic E-state index is -3.83. The van der Waals surface area contributed by atoms with Gasteiger partial charge in [-0.3, -0.25) is 0 Å². The summed E-state index contributed by atoms with van der Waals surface area (Å²) in [6.45, 7) is 0. The molecule has 0 bridgehead atoms. The molecule has 2 aromatic carbocycles. The summed E-state index contributed by atoms with van der Waals surface area (Å²) < 4.78 is 34.1. The summed E-state index contributed by atoms with van der Waals surface area (Å²) in [6.07, 6.45) is 3.41. The first kappa shape index (κ1) is 16.2. The van der Waals surface area contributed by atoms with Crippen LogP contribution in [0.15, 0.2) is 64.2 Å². The van der Waals surface area contributed by atoms with Crippen LogP contribution < -0.4 is 9.88 Å².